The SMILES string of the molecule is NCCC#Cc1ccc(CO)cn1. The highest BCUT2D eigenvalue weighted by Crippen LogP contribution is 1.98. The lowest BCUT2D eigenvalue weighted by atomic mass is 10.2. The van der Waals surface area contributed by atoms with Crippen LogP contribution in [0.2, 0.25) is 0 Å². The molecule has 0 saturated carbocycles. The average Bonchev–Trinajstić information content (AvgIpc) is 2.19. The molecule has 0 saturated heterocycles. The molecule has 13 heavy (non-hydrogen) atoms. The largest absolute Gasteiger partial charge is 0.392 e. The number of rotatable bonds is 2. The van der Waals surface area contributed by atoms with Gasteiger partial charge < -0.3 is 10.8 Å². The van der Waals surface area contributed by atoms with Crippen LogP contribution in [-0.4, -0.2) is 16.6 Å². The summed E-state index contributed by atoms with van der Waals surface area (Å²) in [6, 6.07) is 3.59. The molecule has 0 spiro atoms. The van der Waals surface area contributed by atoms with E-state index < -0.39 is 0 Å². The number of pyridine rings is 1. The molecular weight excluding hydrogens is 164 g/mol. The molecule has 0 aliphatic carbocycles. The average molecular weight is 176 g/mol. The Bertz CT molecular complexity index is 308. The molecule has 1 rings (SSSR count). The number of aromatic nitrogens is 1. The zero-order chi connectivity index (χ0) is 9.52. The van der Waals surface area contributed by atoms with Gasteiger partial charge in [-0.1, -0.05) is 12.0 Å². The van der Waals surface area contributed by atoms with E-state index in [1.54, 1.807) is 18.3 Å². The molecule has 1 heterocycles. The lowest BCUT2D eigenvalue weighted by molar-refractivity contribution is 0.281. The van der Waals surface area contributed by atoms with Crippen molar-refractivity contribution in [3.8, 4) is 11.8 Å². The first-order valence-corrected chi connectivity index (χ1v) is 4.11. The van der Waals surface area contributed by atoms with E-state index in [0.717, 1.165) is 5.56 Å². The van der Waals surface area contributed by atoms with E-state index in [2.05, 4.69) is 16.8 Å². The highest BCUT2D eigenvalue weighted by molar-refractivity contribution is 5.28. The number of aliphatic hydroxyl groups excluding tert-OH is 1. The van der Waals surface area contributed by atoms with E-state index in [0.29, 0.717) is 18.7 Å². The van der Waals surface area contributed by atoms with Crippen molar-refractivity contribution in [1.29, 1.82) is 0 Å². The van der Waals surface area contributed by atoms with Gasteiger partial charge in [-0.15, -0.1) is 0 Å². The van der Waals surface area contributed by atoms with Gasteiger partial charge in [0.25, 0.3) is 0 Å². The van der Waals surface area contributed by atoms with Gasteiger partial charge in [0.15, 0.2) is 0 Å². The molecule has 0 aliphatic rings. The third kappa shape index (κ3) is 3.24. The van der Waals surface area contributed by atoms with Gasteiger partial charge in [-0.05, 0) is 17.6 Å². The smallest absolute Gasteiger partial charge is 0.113 e. The molecule has 1 aromatic heterocycles. The van der Waals surface area contributed by atoms with Crippen LogP contribution in [0, 0.1) is 11.8 Å². The summed E-state index contributed by atoms with van der Waals surface area (Å²) in [5.41, 5.74) is 6.79. The maximum Gasteiger partial charge on any atom is 0.113 e. The topological polar surface area (TPSA) is 59.1 Å². The first kappa shape index (κ1) is 9.72. The second-order valence-electron chi connectivity index (χ2n) is 2.55. The van der Waals surface area contributed by atoms with Crippen molar-refractivity contribution in [1.82, 2.24) is 4.98 Å². The Hall–Kier alpha value is -1.37. The molecule has 3 N–H and O–H groups in total. The summed E-state index contributed by atoms with van der Waals surface area (Å²) in [5.74, 6) is 5.76. The lowest BCUT2D eigenvalue weighted by Gasteiger charge is -1.93. The maximum absolute atomic E-state index is 8.75. The number of hydrogen-bond donors (Lipinski definition) is 2. The van der Waals surface area contributed by atoms with Crippen molar-refractivity contribution in [3.63, 3.8) is 0 Å². The molecule has 0 unspecified atom stereocenters. The Morgan fingerprint density at radius 2 is 2.31 bits per heavy atom. The van der Waals surface area contributed by atoms with Crippen LogP contribution in [0.1, 0.15) is 17.7 Å². The fourth-order valence-electron chi connectivity index (χ4n) is 0.817. The first-order valence-electron chi connectivity index (χ1n) is 4.11. The van der Waals surface area contributed by atoms with E-state index >= 15 is 0 Å². The number of aliphatic hydroxyl groups is 1. The van der Waals surface area contributed by atoms with Crippen molar-refractivity contribution in [2.24, 2.45) is 5.73 Å². The van der Waals surface area contributed by atoms with Crippen LogP contribution in [0.25, 0.3) is 0 Å². The van der Waals surface area contributed by atoms with Gasteiger partial charge in [-0.2, -0.15) is 0 Å². The van der Waals surface area contributed by atoms with E-state index in [9.17, 15) is 0 Å². The molecule has 3 heteroatoms. The highest BCUT2D eigenvalue weighted by Gasteiger charge is 1.90. The Labute approximate surface area is 77.6 Å². The van der Waals surface area contributed by atoms with Crippen molar-refractivity contribution >= 4 is 0 Å². The lowest BCUT2D eigenvalue weighted by Crippen LogP contribution is -1.95. The Morgan fingerprint density at radius 1 is 1.46 bits per heavy atom. The summed E-state index contributed by atoms with van der Waals surface area (Å²) in [7, 11) is 0. The van der Waals surface area contributed by atoms with Gasteiger partial charge >= 0.3 is 0 Å². The van der Waals surface area contributed by atoms with Crippen molar-refractivity contribution in [2.75, 3.05) is 6.54 Å². The quantitative estimate of drug-likeness (QED) is 0.636. The molecule has 0 atom stereocenters. The predicted octanol–water partition coefficient (Wildman–Crippen LogP) is 0.274. The van der Waals surface area contributed by atoms with Crippen LogP contribution in [0.5, 0.6) is 0 Å². The Kier molecular flexibility index (Phi) is 3.97. The van der Waals surface area contributed by atoms with Crippen molar-refractivity contribution < 1.29 is 5.11 Å². The molecule has 68 valence electrons. The van der Waals surface area contributed by atoms with E-state index in [1.165, 1.54) is 0 Å². The minimum atomic E-state index is 0.0174. The van der Waals surface area contributed by atoms with Gasteiger partial charge in [0, 0.05) is 19.2 Å². The second kappa shape index (κ2) is 5.31. The molecule has 0 fully saturated rings. The number of nitrogens with two attached hydrogens (primary N) is 1. The summed E-state index contributed by atoms with van der Waals surface area (Å²) in [4.78, 5) is 4.05. The van der Waals surface area contributed by atoms with Crippen molar-refractivity contribution in [3.05, 3.63) is 29.6 Å². The minimum absolute atomic E-state index is 0.0174. The van der Waals surface area contributed by atoms with E-state index in [-0.39, 0.29) is 6.61 Å². The fourth-order valence-corrected chi connectivity index (χ4v) is 0.817. The Balaban J connectivity index is 2.65. The van der Waals surface area contributed by atoms with Crippen LogP contribution in [0.3, 0.4) is 0 Å². The predicted molar refractivity (Wildman–Crippen MR) is 50.7 cm³/mol. The summed E-state index contributed by atoms with van der Waals surface area (Å²) in [6.45, 7) is 0.589. The molecule has 0 radical (unpaired) electrons. The molecular formula is C10H12N2O. The number of nitrogens with zero attached hydrogens (tertiary/aromatic N) is 1. The monoisotopic (exact) mass is 176 g/mol. The van der Waals surface area contributed by atoms with Crippen LogP contribution in [0.15, 0.2) is 18.3 Å². The third-order valence-corrected chi connectivity index (χ3v) is 1.49. The van der Waals surface area contributed by atoms with Gasteiger partial charge in [-0.3, -0.25) is 0 Å². The van der Waals surface area contributed by atoms with Crippen LogP contribution in [-0.2, 0) is 6.61 Å². The normalized spacial score (nSPS) is 9.08. The molecule has 0 aliphatic heterocycles. The third-order valence-electron chi connectivity index (χ3n) is 1.49. The number of hydrogen-bond acceptors (Lipinski definition) is 3. The van der Waals surface area contributed by atoms with Gasteiger partial charge in [-0.25, -0.2) is 4.98 Å². The van der Waals surface area contributed by atoms with Gasteiger partial charge in [0.05, 0.1) is 6.61 Å². The maximum atomic E-state index is 8.75. The summed E-state index contributed by atoms with van der Waals surface area (Å²) < 4.78 is 0. The van der Waals surface area contributed by atoms with Crippen LogP contribution >= 0.6 is 0 Å². The van der Waals surface area contributed by atoms with Crippen molar-refractivity contribution in [2.45, 2.75) is 13.0 Å². The summed E-state index contributed by atoms with van der Waals surface area (Å²) in [6.07, 6.45) is 2.30. The molecule has 1 aromatic rings. The molecule has 0 amide bonds. The second-order valence-corrected chi connectivity index (χ2v) is 2.55. The highest BCUT2D eigenvalue weighted by atomic mass is 16.3. The fraction of sp³-hybridized carbons (Fsp3) is 0.300. The summed E-state index contributed by atoms with van der Waals surface area (Å²) in [5, 5.41) is 8.75. The Morgan fingerprint density at radius 3 is 2.85 bits per heavy atom. The molecule has 3 nitrogen and oxygen atoms in total. The molecule has 0 bridgehead atoms. The van der Waals surface area contributed by atoms with E-state index in [1.807, 2.05) is 0 Å². The standard InChI is InChI=1S/C10H12N2O/c11-6-2-1-3-10-5-4-9(8-13)7-12-10/h4-5,7,13H,2,6,8,11H2. The minimum Gasteiger partial charge on any atom is -0.392 e. The first-order chi connectivity index (χ1) is 6.36. The van der Waals surface area contributed by atoms with Gasteiger partial charge in [0.2, 0.25) is 0 Å². The van der Waals surface area contributed by atoms with Gasteiger partial charge in [0.1, 0.15) is 5.69 Å². The van der Waals surface area contributed by atoms with Crippen LogP contribution in [0.4, 0.5) is 0 Å². The molecule has 0 aromatic carbocycles. The zero-order valence-corrected chi connectivity index (χ0v) is 7.33. The van der Waals surface area contributed by atoms with Crippen LogP contribution < -0.4 is 5.73 Å². The summed E-state index contributed by atoms with van der Waals surface area (Å²) >= 11 is 0. The zero-order valence-electron chi connectivity index (χ0n) is 7.33. The van der Waals surface area contributed by atoms with E-state index in [4.69, 9.17) is 10.8 Å².